The summed E-state index contributed by atoms with van der Waals surface area (Å²) in [6.45, 7) is 2.73. The average Bonchev–Trinajstić information content (AvgIpc) is 2.77. The van der Waals surface area contributed by atoms with Crippen LogP contribution in [0, 0.1) is 35.5 Å². The zero-order chi connectivity index (χ0) is 21.6. The lowest BCUT2D eigenvalue weighted by Gasteiger charge is -2.53. The molecule has 31 heavy (non-hydrogen) atoms. The predicted octanol–water partition coefficient (Wildman–Crippen LogP) is 6.45. The molecule has 4 heteroatoms. The molecule has 5 saturated carbocycles. The molecule has 5 aliphatic rings. The van der Waals surface area contributed by atoms with Crippen molar-refractivity contribution in [3.63, 3.8) is 0 Å². The second-order valence-corrected chi connectivity index (χ2v) is 11.1. The third-order valence-electron chi connectivity index (χ3n) is 8.76. The lowest BCUT2D eigenvalue weighted by molar-refractivity contribution is -0.181. The van der Waals surface area contributed by atoms with Gasteiger partial charge in [0, 0.05) is 0 Å². The second-order valence-electron chi connectivity index (χ2n) is 11.1. The molecule has 4 nitrogen and oxygen atoms in total. The first kappa shape index (κ1) is 23.1. The smallest absolute Gasteiger partial charge is 0.310 e. The number of rotatable bonds is 11. The fourth-order valence-corrected chi connectivity index (χ4v) is 7.32. The molecule has 0 spiro atoms. The van der Waals surface area contributed by atoms with Gasteiger partial charge in [-0.15, -0.1) is 0 Å². The van der Waals surface area contributed by atoms with Crippen molar-refractivity contribution in [1.82, 2.24) is 0 Å². The van der Waals surface area contributed by atoms with E-state index in [-0.39, 0.29) is 29.9 Å². The quantitative estimate of drug-likeness (QED) is 0.278. The largest absolute Gasteiger partial charge is 0.465 e. The highest BCUT2D eigenvalue weighted by Gasteiger charge is 2.51. The van der Waals surface area contributed by atoms with Gasteiger partial charge in [0.05, 0.1) is 18.4 Å². The van der Waals surface area contributed by atoms with Gasteiger partial charge in [-0.05, 0) is 75.0 Å². The van der Waals surface area contributed by atoms with Crippen LogP contribution in [0.1, 0.15) is 110 Å². The van der Waals surface area contributed by atoms with Crippen LogP contribution in [0.15, 0.2) is 0 Å². The van der Waals surface area contributed by atoms with Crippen molar-refractivity contribution >= 4 is 11.9 Å². The molecule has 2 unspecified atom stereocenters. The molecule has 4 bridgehead atoms. The molecule has 2 atom stereocenters. The van der Waals surface area contributed by atoms with Crippen molar-refractivity contribution in [3.05, 3.63) is 0 Å². The minimum Gasteiger partial charge on any atom is -0.465 e. The molecule has 5 aliphatic carbocycles. The van der Waals surface area contributed by atoms with Gasteiger partial charge in [-0.25, -0.2) is 0 Å². The van der Waals surface area contributed by atoms with Crippen molar-refractivity contribution in [2.75, 3.05) is 6.61 Å². The van der Waals surface area contributed by atoms with Gasteiger partial charge in [0.15, 0.2) is 0 Å². The normalized spacial score (nSPS) is 36.4. The highest BCUT2D eigenvalue weighted by Crippen LogP contribution is 2.55. The van der Waals surface area contributed by atoms with Crippen molar-refractivity contribution < 1.29 is 19.1 Å². The van der Waals surface area contributed by atoms with Crippen molar-refractivity contribution in [2.24, 2.45) is 35.5 Å². The Kier molecular flexibility index (Phi) is 8.34. The van der Waals surface area contributed by atoms with Crippen molar-refractivity contribution in [1.29, 1.82) is 0 Å². The topological polar surface area (TPSA) is 52.6 Å². The third-order valence-corrected chi connectivity index (χ3v) is 8.76. The van der Waals surface area contributed by atoms with E-state index >= 15 is 0 Å². The summed E-state index contributed by atoms with van der Waals surface area (Å²) in [5, 5.41) is 0. The van der Waals surface area contributed by atoms with E-state index in [0.29, 0.717) is 18.4 Å². The summed E-state index contributed by atoms with van der Waals surface area (Å²) >= 11 is 0. The maximum Gasteiger partial charge on any atom is 0.310 e. The molecule has 0 aromatic heterocycles. The van der Waals surface area contributed by atoms with E-state index in [2.05, 4.69) is 6.92 Å². The molecular weight excluding hydrogens is 388 g/mol. The highest BCUT2D eigenvalue weighted by atomic mass is 16.5. The van der Waals surface area contributed by atoms with Crippen LogP contribution in [0.2, 0.25) is 0 Å². The van der Waals surface area contributed by atoms with Gasteiger partial charge in [0.2, 0.25) is 0 Å². The average molecular weight is 433 g/mol. The van der Waals surface area contributed by atoms with Gasteiger partial charge >= 0.3 is 11.9 Å². The Bertz CT molecular complexity index is 572. The summed E-state index contributed by atoms with van der Waals surface area (Å²) in [6.07, 6.45) is 18.6. The van der Waals surface area contributed by atoms with Crippen LogP contribution >= 0.6 is 0 Å². The first-order valence-corrected chi connectivity index (χ1v) is 13.5. The van der Waals surface area contributed by atoms with Gasteiger partial charge in [-0.1, -0.05) is 58.3 Å². The van der Waals surface area contributed by atoms with Crippen LogP contribution in [0.25, 0.3) is 0 Å². The molecule has 5 rings (SSSR count). The molecular formula is C27H44O4. The van der Waals surface area contributed by atoms with Crippen molar-refractivity contribution in [2.45, 2.75) is 116 Å². The summed E-state index contributed by atoms with van der Waals surface area (Å²) < 4.78 is 11.8. The minimum absolute atomic E-state index is 0.102. The van der Waals surface area contributed by atoms with Gasteiger partial charge in [-0.3, -0.25) is 9.59 Å². The summed E-state index contributed by atoms with van der Waals surface area (Å²) in [6, 6.07) is 0. The summed E-state index contributed by atoms with van der Waals surface area (Å²) in [7, 11) is 0. The summed E-state index contributed by atoms with van der Waals surface area (Å²) in [4.78, 5) is 26.0. The number of ether oxygens (including phenoxy) is 2. The second kappa shape index (κ2) is 11.2. The standard InChI is InChI=1S/C27H44O4/c1-2-3-4-5-6-7-10-13-30-26(28)23-11-8-9-12-24(23)27(29)31-25-21-15-19-14-20(17-21)18-22(25)16-19/h19-25H,2-18H2,1H3. The van der Waals surface area contributed by atoms with Gasteiger partial charge in [0.1, 0.15) is 6.10 Å². The minimum atomic E-state index is -0.289. The number of hydrogen-bond donors (Lipinski definition) is 0. The molecule has 0 N–H and O–H groups in total. The molecule has 0 aliphatic heterocycles. The van der Waals surface area contributed by atoms with E-state index in [0.717, 1.165) is 50.4 Å². The van der Waals surface area contributed by atoms with E-state index in [4.69, 9.17) is 9.47 Å². The predicted molar refractivity (Wildman–Crippen MR) is 121 cm³/mol. The van der Waals surface area contributed by atoms with Crippen LogP contribution in [0.4, 0.5) is 0 Å². The Morgan fingerprint density at radius 1 is 0.710 bits per heavy atom. The molecule has 0 radical (unpaired) electrons. The Morgan fingerprint density at radius 3 is 1.87 bits per heavy atom. The van der Waals surface area contributed by atoms with E-state index < -0.39 is 0 Å². The number of hydrogen-bond acceptors (Lipinski definition) is 4. The number of unbranched alkanes of at least 4 members (excludes halogenated alkanes) is 6. The Balaban J connectivity index is 1.21. The molecule has 0 aromatic rings. The van der Waals surface area contributed by atoms with Crippen LogP contribution in [-0.2, 0) is 19.1 Å². The fourth-order valence-electron chi connectivity index (χ4n) is 7.32. The first-order chi connectivity index (χ1) is 15.2. The summed E-state index contributed by atoms with van der Waals surface area (Å²) in [5.41, 5.74) is 0. The zero-order valence-corrected chi connectivity index (χ0v) is 19.7. The SMILES string of the molecule is CCCCCCCCCOC(=O)C1CCCCC1C(=O)OC1C2CC3CC(C2)CC1C3. The third kappa shape index (κ3) is 5.85. The fraction of sp³-hybridized carbons (Fsp3) is 0.926. The molecule has 176 valence electrons. The maximum absolute atomic E-state index is 13.2. The van der Waals surface area contributed by atoms with E-state index in [1.54, 1.807) is 0 Å². The lowest BCUT2D eigenvalue weighted by atomic mass is 9.55. The van der Waals surface area contributed by atoms with Gasteiger partial charge in [-0.2, -0.15) is 0 Å². The van der Waals surface area contributed by atoms with E-state index in [1.165, 1.54) is 64.2 Å². The van der Waals surface area contributed by atoms with Crippen molar-refractivity contribution in [3.8, 4) is 0 Å². The van der Waals surface area contributed by atoms with Gasteiger partial charge < -0.3 is 9.47 Å². The Morgan fingerprint density at radius 2 is 1.26 bits per heavy atom. The molecule has 0 saturated heterocycles. The van der Waals surface area contributed by atoms with Crippen LogP contribution in [-0.4, -0.2) is 24.6 Å². The number of carbonyl (C=O) groups is 2. The van der Waals surface area contributed by atoms with Gasteiger partial charge in [0.25, 0.3) is 0 Å². The zero-order valence-electron chi connectivity index (χ0n) is 19.7. The monoisotopic (exact) mass is 432 g/mol. The number of carbonyl (C=O) groups excluding carboxylic acids is 2. The van der Waals surface area contributed by atoms with E-state index in [9.17, 15) is 9.59 Å². The van der Waals surface area contributed by atoms with Crippen LogP contribution in [0.3, 0.4) is 0 Å². The Labute approximate surface area is 189 Å². The Hall–Kier alpha value is -1.06. The first-order valence-electron chi connectivity index (χ1n) is 13.5. The highest BCUT2D eigenvalue weighted by molar-refractivity contribution is 5.82. The molecule has 5 fully saturated rings. The lowest BCUT2D eigenvalue weighted by Crippen LogP contribution is -2.51. The molecule has 0 aromatic carbocycles. The molecule has 0 heterocycles. The van der Waals surface area contributed by atoms with E-state index in [1.807, 2.05) is 0 Å². The summed E-state index contributed by atoms with van der Waals surface area (Å²) in [5.74, 6) is 2.07. The maximum atomic E-state index is 13.2. The molecule has 0 amide bonds. The van der Waals surface area contributed by atoms with Crippen LogP contribution in [0.5, 0.6) is 0 Å². The number of esters is 2. The van der Waals surface area contributed by atoms with Crippen LogP contribution < -0.4 is 0 Å².